The van der Waals surface area contributed by atoms with Gasteiger partial charge in [0.05, 0.1) is 12.8 Å². The number of rotatable bonds is 6. The van der Waals surface area contributed by atoms with Crippen LogP contribution in [0.1, 0.15) is 0 Å². The molecule has 84 valence electrons. The molecule has 0 unspecified atom stereocenters. The Bertz CT molecular complexity index is 284. The van der Waals surface area contributed by atoms with Gasteiger partial charge in [0.2, 0.25) is 5.78 Å². The number of carbonyl (C=O) groups is 2. The number of ketones is 1. The van der Waals surface area contributed by atoms with Gasteiger partial charge in [0.1, 0.15) is 0 Å². The number of hydrogen-bond donors (Lipinski definition) is 0. The van der Waals surface area contributed by atoms with Crippen molar-refractivity contribution in [1.29, 1.82) is 0 Å². The van der Waals surface area contributed by atoms with Crippen LogP contribution in [0.4, 0.5) is 0 Å². The molecule has 0 aromatic carbocycles. The fourth-order valence-corrected chi connectivity index (χ4v) is 0.562. The smallest absolute Gasteiger partial charge is 0.352 e. The second-order valence-electron chi connectivity index (χ2n) is 2.80. The van der Waals surface area contributed by atoms with Gasteiger partial charge in [0.25, 0.3) is 0 Å². The van der Waals surface area contributed by atoms with Crippen molar-refractivity contribution in [1.82, 2.24) is 4.90 Å². The first kappa shape index (κ1) is 13.2. The summed E-state index contributed by atoms with van der Waals surface area (Å²) in [4.78, 5) is 27.9. The molecule has 0 radical (unpaired) electrons. The number of methoxy groups -OCH3 is 1. The van der Waals surface area contributed by atoms with Gasteiger partial charge in [-0.25, -0.2) is 4.79 Å². The highest BCUT2D eigenvalue weighted by atomic mass is 16.6. The molecule has 0 atom stereocenters. The van der Waals surface area contributed by atoms with Crippen molar-refractivity contribution >= 4 is 18.0 Å². The third-order valence-corrected chi connectivity index (χ3v) is 1.49. The van der Waals surface area contributed by atoms with E-state index >= 15 is 0 Å². The highest BCUT2D eigenvalue weighted by Gasteiger charge is 2.08. The summed E-state index contributed by atoms with van der Waals surface area (Å²) in [5.41, 5.74) is 0.309. The van der Waals surface area contributed by atoms with E-state index in [1.165, 1.54) is 7.11 Å². The first-order chi connectivity index (χ1) is 6.99. The van der Waals surface area contributed by atoms with Crippen molar-refractivity contribution in [3.8, 4) is 0 Å². The quantitative estimate of drug-likeness (QED) is 0.265. The molecule has 0 saturated carbocycles. The molecule has 0 rings (SSSR count). The Labute approximate surface area is 88.1 Å². The number of likely N-dealkylation sites (N-methyl/N-ethyl adjacent to an activating group) is 1. The Hall–Kier alpha value is -1.85. The van der Waals surface area contributed by atoms with Crippen LogP contribution in [0, 0.1) is 0 Å². The number of ether oxygens (including phenoxy) is 1. The lowest BCUT2D eigenvalue weighted by molar-refractivity contribution is -0.132. The third kappa shape index (κ3) is 5.45. The van der Waals surface area contributed by atoms with Crippen LogP contribution >= 0.6 is 0 Å². The van der Waals surface area contributed by atoms with Crippen LogP contribution in [0.2, 0.25) is 0 Å². The largest absolute Gasteiger partial charge is 0.465 e. The van der Waals surface area contributed by atoms with Gasteiger partial charge in [0.15, 0.2) is 12.8 Å². The fourth-order valence-electron chi connectivity index (χ4n) is 0.562. The van der Waals surface area contributed by atoms with E-state index in [0.717, 1.165) is 6.21 Å². The Morgan fingerprint density at radius 1 is 1.47 bits per heavy atom. The molecule has 0 spiro atoms. The molecular weight excluding hydrogens is 200 g/mol. The molecule has 6 nitrogen and oxygen atoms in total. The summed E-state index contributed by atoms with van der Waals surface area (Å²) in [5, 5.41) is 3.24. The van der Waals surface area contributed by atoms with Crippen molar-refractivity contribution in [3.05, 3.63) is 12.3 Å². The van der Waals surface area contributed by atoms with Gasteiger partial charge in [-0.1, -0.05) is 11.7 Å². The summed E-state index contributed by atoms with van der Waals surface area (Å²) in [5.74, 6) is -0.948. The van der Waals surface area contributed by atoms with Gasteiger partial charge in [-0.2, -0.15) is 0 Å². The van der Waals surface area contributed by atoms with Gasteiger partial charge < -0.3 is 14.5 Å². The van der Waals surface area contributed by atoms with E-state index in [2.05, 4.69) is 21.3 Å². The predicted octanol–water partition coefficient (Wildman–Crippen LogP) is -0.194. The maximum absolute atomic E-state index is 11.2. The molecule has 0 bridgehead atoms. The van der Waals surface area contributed by atoms with Crippen LogP contribution in [0.5, 0.6) is 0 Å². The number of nitrogens with zero attached hydrogens (tertiary/aromatic N) is 2. The number of Topliss-reactive ketones (excluding diaryl/α,β-unsaturated/α-hetero) is 1. The molecule has 15 heavy (non-hydrogen) atoms. The Kier molecular flexibility index (Phi) is 5.77. The Balaban J connectivity index is 3.87. The molecule has 6 heteroatoms. The van der Waals surface area contributed by atoms with Gasteiger partial charge in [-0.3, -0.25) is 4.79 Å². The Morgan fingerprint density at radius 2 is 2.07 bits per heavy atom. The topological polar surface area (TPSA) is 68.2 Å². The summed E-state index contributed by atoms with van der Waals surface area (Å²) < 4.78 is 4.26. The fraction of sp³-hybridized carbons (Fsp3) is 0.444. The van der Waals surface area contributed by atoms with Crippen molar-refractivity contribution in [2.24, 2.45) is 5.16 Å². The van der Waals surface area contributed by atoms with Crippen molar-refractivity contribution < 1.29 is 19.2 Å². The number of hydrogen-bond acceptors (Lipinski definition) is 6. The van der Waals surface area contributed by atoms with Crippen LogP contribution in [0.3, 0.4) is 0 Å². The van der Waals surface area contributed by atoms with Crippen LogP contribution in [0.25, 0.3) is 0 Å². The van der Waals surface area contributed by atoms with E-state index in [9.17, 15) is 9.59 Å². The molecule has 0 aromatic heterocycles. The maximum atomic E-state index is 11.2. The van der Waals surface area contributed by atoms with Crippen molar-refractivity contribution in [2.45, 2.75) is 0 Å². The van der Waals surface area contributed by atoms with Crippen LogP contribution < -0.4 is 0 Å². The normalized spacial score (nSPS) is 9.80. The summed E-state index contributed by atoms with van der Waals surface area (Å²) in [6.45, 7) is 3.28. The van der Waals surface area contributed by atoms with E-state index in [1.54, 1.807) is 19.0 Å². The first-order valence-electron chi connectivity index (χ1n) is 4.11. The van der Waals surface area contributed by atoms with Gasteiger partial charge in [-0.15, -0.1) is 0 Å². The van der Waals surface area contributed by atoms with Crippen molar-refractivity contribution in [3.63, 3.8) is 0 Å². The molecule has 0 amide bonds. The minimum atomic E-state index is -0.645. The van der Waals surface area contributed by atoms with Gasteiger partial charge in [-0.05, 0) is 0 Å². The van der Waals surface area contributed by atoms with Gasteiger partial charge >= 0.3 is 5.97 Å². The van der Waals surface area contributed by atoms with E-state index < -0.39 is 5.97 Å². The highest BCUT2D eigenvalue weighted by Crippen LogP contribution is 1.96. The van der Waals surface area contributed by atoms with E-state index in [4.69, 9.17) is 0 Å². The summed E-state index contributed by atoms with van der Waals surface area (Å²) in [6, 6.07) is 0. The second kappa shape index (κ2) is 6.58. The standard InChI is InChI=1S/C9H14N2O4/c1-7(11(2)3)8(12)6-15-10-5-9(13)14-4/h5H,1,6H2,2-4H3. The SMILES string of the molecule is C=C(C(=O)CON=CC(=O)OC)N(C)C. The maximum Gasteiger partial charge on any atom is 0.352 e. The first-order valence-corrected chi connectivity index (χ1v) is 4.11. The van der Waals surface area contributed by atoms with Crippen LogP contribution in [-0.4, -0.2) is 50.7 Å². The average Bonchev–Trinajstić information content (AvgIpc) is 2.22. The number of carbonyl (C=O) groups excluding carboxylic acids is 2. The minimum absolute atomic E-state index is 0.259. The lowest BCUT2D eigenvalue weighted by Crippen LogP contribution is -2.21. The molecule has 0 aromatic rings. The van der Waals surface area contributed by atoms with Gasteiger partial charge in [0, 0.05) is 14.1 Å². The third-order valence-electron chi connectivity index (χ3n) is 1.49. The molecule has 0 fully saturated rings. The number of oxime groups is 1. The molecule has 0 heterocycles. The highest BCUT2D eigenvalue weighted by molar-refractivity contribution is 6.22. The zero-order chi connectivity index (χ0) is 11.8. The zero-order valence-electron chi connectivity index (χ0n) is 9.02. The predicted molar refractivity (Wildman–Crippen MR) is 54.3 cm³/mol. The lowest BCUT2D eigenvalue weighted by Gasteiger charge is -2.12. The monoisotopic (exact) mass is 214 g/mol. The van der Waals surface area contributed by atoms with E-state index in [-0.39, 0.29) is 12.4 Å². The molecule has 0 saturated heterocycles. The summed E-state index contributed by atoms with van der Waals surface area (Å²) in [7, 11) is 4.60. The molecule has 0 aliphatic rings. The molecular formula is C9H14N2O4. The zero-order valence-corrected chi connectivity index (χ0v) is 9.02. The van der Waals surface area contributed by atoms with Crippen molar-refractivity contribution in [2.75, 3.05) is 27.8 Å². The lowest BCUT2D eigenvalue weighted by atomic mass is 10.3. The average molecular weight is 214 g/mol. The second-order valence-corrected chi connectivity index (χ2v) is 2.80. The van der Waals surface area contributed by atoms with Crippen LogP contribution in [0.15, 0.2) is 17.4 Å². The molecule has 0 aliphatic carbocycles. The molecule has 0 aliphatic heterocycles. The Morgan fingerprint density at radius 3 is 2.53 bits per heavy atom. The van der Waals surface area contributed by atoms with E-state index in [0.29, 0.717) is 5.70 Å². The summed E-state index contributed by atoms with van der Waals surface area (Å²) >= 11 is 0. The number of esters is 1. The summed E-state index contributed by atoms with van der Waals surface area (Å²) in [6.07, 6.45) is 0.839. The van der Waals surface area contributed by atoms with E-state index in [1.807, 2.05) is 0 Å². The van der Waals surface area contributed by atoms with Crippen LogP contribution in [-0.2, 0) is 19.2 Å². The minimum Gasteiger partial charge on any atom is -0.465 e. The molecule has 0 N–H and O–H groups in total.